The van der Waals surface area contributed by atoms with Crippen molar-refractivity contribution in [3.63, 3.8) is 0 Å². The van der Waals surface area contributed by atoms with E-state index in [0.29, 0.717) is 32.3 Å². The maximum atomic E-state index is 11.5. The number of carbonyl (C=O) groups excluding carboxylic acids is 1. The average Bonchev–Trinajstić information content (AvgIpc) is 2.70. The van der Waals surface area contributed by atoms with E-state index in [1.807, 2.05) is 18.2 Å². The number of likely N-dealkylation sites (tertiary alicyclic amines) is 1. The van der Waals surface area contributed by atoms with Crippen molar-refractivity contribution < 1.29 is 9.53 Å². The SMILES string of the molecule is CCNC(=NCCOCc1ccccc1)NC1CCN(CC(=O)NC)CC1.I. The van der Waals surface area contributed by atoms with E-state index in [0.717, 1.165) is 38.4 Å². The summed E-state index contributed by atoms with van der Waals surface area (Å²) in [5.74, 6) is 0.914. The highest BCUT2D eigenvalue weighted by molar-refractivity contribution is 14.0. The molecule has 0 aromatic heterocycles. The number of halogens is 1. The van der Waals surface area contributed by atoms with Gasteiger partial charge in [-0.3, -0.25) is 14.7 Å². The van der Waals surface area contributed by atoms with Crippen LogP contribution in [0.25, 0.3) is 0 Å². The standard InChI is InChI=1S/C20H33N5O2.HI/c1-3-22-20(23-11-14-27-16-17-7-5-4-6-8-17)24-18-9-12-25(13-10-18)15-19(26)21-2;/h4-8,18H,3,9-16H2,1-2H3,(H,21,26)(H2,22,23,24);1H. The lowest BCUT2D eigenvalue weighted by molar-refractivity contribution is -0.122. The van der Waals surface area contributed by atoms with Crippen LogP contribution in [-0.4, -0.2) is 69.2 Å². The Balaban J connectivity index is 0.00000392. The van der Waals surface area contributed by atoms with E-state index in [9.17, 15) is 4.79 Å². The van der Waals surface area contributed by atoms with Crippen molar-refractivity contribution in [2.75, 3.05) is 46.4 Å². The summed E-state index contributed by atoms with van der Waals surface area (Å²) >= 11 is 0. The molecule has 2 rings (SSSR count). The van der Waals surface area contributed by atoms with Gasteiger partial charge < -0.3 is 20.7 Å². The second-order valence-electron chi connectivity index (χ2n) is 6.67. The van der Waals surface area contributed by atoms with Gasteiger partial charge in [0.1, 0.15) is 0 Å². The number of rotatable bonds is 9. The number of nitrogens with zero attached hydrogens (tertiary/aromatic N) is 2. The van der Waals surface area contributed by atoms with E-state index >= 15 is 0 Å². The van der Waals surface area contributed by atoms with E-state index in [1.54, 1.807) is 7.05 Å². The van der Waals surface area contributed by atoms with Crippen LogP contribution in [0.1, 0.15) is 25.3 Å². The fourth-order valence-corrected chi connectivity index (χ4v) is 3.02. The van der Waals surface area contributed by atoms with Gasteiger partial charge in [0.2, 0.25) is 5.91 Å². The summed E-state index contributed by atoms with van der Waals surface area (Å²) in [5, 5.41) is 9.49. The van der Waals surface area contributed by atoms with Crippen LogP contribution in [0.2, 0.25) is 0 Å². The van der Waals surface area contributed by atoms with Crippen LogP contribution >= 0.6 is 24.0 Å². The molecular weight excluding hydrogens is 469 g/mol. The maximum absolute atomic E-state index is 11.5. The number of aliphatic imine (C=N–C) groups is 1. The number of piperidine rings is 1. The third kappa shape index (κ3) is 9.70. The van der Waals surface area contributed by atoms with Crippen molar-refractivity contribution in [2.45, 2.75) is 32.4 Å². The molecule has 0 radical (unpaired) electrons. The van der Waals surface area contributed by atoms with Gasteiger partial charge in [0.25, 0.3) is 0 Å². The zero-order chi connectivity index (χ0) is 19.3. The number of ether oxygens (including phenoxy) is 1. The normalized spacial score (nSPS) is 15.6. The van der Waals surface area contributed by atoms with Crippen molar-refractivity contribution >= 4 is 35.8 Å². The smallest absolute Gasteiger partial charge is 0.233 e. The molecule has 28 heavy (non-hydrogen) atoms. The van der Waals surface area contributed by atoms with Crippen LogP contribution in [0.5, 0.6) is 0 Å². The molecule has 0 unspecified atom stereocenters. The number of hydrogen-bond donors (Lipinski definition) is 3. The summed E-state index contributed by atoms with van der Waals surface area (Å²) in [7, 11) is 1.68. The molecule has 0 spiro atoms. The molecule has 0 bridgehead atoms. The topological polar surface area (TPSA) is 78.0 Å². The van der Waals surface area contributed by atoms with E-state index in [2.05, 4.69) is 44.9 Å². The summed E-state index contributed by atoms with van der Waals surface area (Å²) in [4.78, 5) is 18.3. The molecule has 8 heteroatoms. The van der Waals surface area contributed by atoms with Crippen molar-refractivity contribution in [1.82, 2.24) is 20.9 Å². The minimum absolute atomic E-state index is 0. The van der Waals surface area contributed by atoms with Crippen molar-refractivity contribution in [1.29, 1.82) is 0 Å². The first-order valence-corrected chi connectivity index (χ1v) is 9.80. The van der Waals surface area contributed by atoms with Crippen LogP contribution in [0.3, 0.4) is 0 Å². The lowest BCUT2D eigenvalue weighted by atomic mass is 10.1. The lowest BCUT2D eigenvalue weighted by Crippen LogP contribution is -2.50. The van der Waals surface area contributed by atoms with E-state index in [-0.39, 0.29) is 29.9 Å². The van der Waals surface area contributed by atoms with Crippen LogP contribution in [0.4, 0.5) is 0 Å². The van der Waals surface area contributed by atoms with Gasteiger partial charge in [0, 0.05) is 32.7 Å². The Morgan fingerprint density at radius 3 is 2.61 bits per heavy atom. The third-order valence-electron chi connectivity index (χ3n) is 4.54. The number of guanidine groups is 1. The summed E-state index contributed by atoms with van der Waals surface area (Å²) < 4.78 is 5.69. The van der Waals surface area contributed by atoms with Crippen molar-refractivity contribution in [3.8, 4) is 0 Å². The van der Waals surface area contributed by atoms with Crippen LogP contribution in [0.15, 0.2) is 35.3 Å². The lowest BCUT2D eigenvalue weighted by Gasteiger charge is -2.32. The number of nitrogens with one attached hydrogen (secondary N) is 3. The summed E-state index contributed by atoms with van der Waals surface area (Å²) in [6.07, 6.45) is 2.01. The molecule has 1 fully saturated rings. The Labute approximate surface area is 185 Å². The molecule has 0 saturated carbocycles. The van der Waals surface area contributed by atoms with Gasteiger partial charge >= 0.3 is 0 Å². The predicted molar refractivity (Wildman–Crippen MR) is 124 cm³/mol. The number of carbonyl (C=O) groups is 1. The molecule has 158 valence electrons. The van der Waals surface area contributed by atoms with Gasteiger partial charge in [-0.25, -0.2) is 0 Å². The van der Waals surface area contributed by atoms with E-state index in [1.165, 1.54) is 5.56 Å². The minimum atomic E-state index is 0. The first-order chi connectivity index (χ1) is 13.2. The van der Waals surface area contributed by atoms with E-state index < -0.39 is 0 Å². The Morgan fingerprint density at radius 2 is 1.96 bits per heavy atom. The van der Waals surface area contributed by atoms with Gasteiger partial charge in [-0.15, -0.1) is 24.0 Å². The second-order valence-corrected chi connectivity index (χ2v) is 6.67. The van der Waals surface area contributed by atoms with Crippen molar-refractivity contribution in [3.05, 3.63) is 35.9 Å². The molecule has 1 amide bonds. The summed E-state index contributed by atoms with van der Waals surface area (Å²) in [6.45, 7) is 7.05. The average molecular weight is 503 g/mol. The quantitative estimate of drug-likeness (QED) is 0.207. The Morgan fingerprint density at radius 1 is 1.25 bits per heavy atom. The first-order valence-electron chi connectivity index (χ1n) is 9.80. The van der Waals surface area contributed by atoms with Crippen LogP contribution in [0, 0.1) is 0 Å². The highest BCUT2D eigenvalue weighted by Crippen LogP contribution is 2.09. The number of amides is 1. The first kappa shape index (κ1) is 24.6. The molecule has 1 aromatic carbocycles. The largest absolute Gasteiger partial charge is 0.375 e. The number of likely N-dealkylation sites (N-methyl/N-ethyl adjacent to an activating group) is 1. The van der Waals surface area contributed by atoms with Crippen LogP contribution in [-0.2, 0) is 16.1 Å². The third-order valence-corrected chi connectivity index (χ3v) is 4.54. The zero-order valence-corrected chi connectivity index (χ0v) is 19.3. The van der Waals surface area contributed by atoms with Crippen LogP contribution < -0.4 is 16.0 Å². The molecule has 1 heterocycles. The molecule has 0 aliphatic carbocycles. The van der Waals surface area contributed by atoms with Crippen molar-refractivity contribution in [2.24, 2.45) is 4.99 Å². The molecule has 1 aromatic rings. The maximum Gasteiger partial charge on any atom is 0.233 e. The molecule has 7 nitrogen and oxygen atoms in total. The number of benzene rings is 1. The monoisotopic (exact) mass is 503 g/mol. The fourth-order valence-electron chi connectivity index (χ4n) is 3.02. The summed E-state index contributed by atoms with van der Waals surface area (Å²) in [6, 6.07) is 10.5. The van der Waals surface area contributed by atoms with Gasteiger partial charge in [-0.05, 0) is 25.3 Å². The Bertz CT molecular complexity index is 577. The number of hydrogen-bond acceptors (Lipinski definition) is 4. The molecule has 1 aliphatic heterocycles. The Kier molecular flexibility index (Phi) is 12.8. The van der Waals surface area contributed by atoms with Gasteiger partial charge in [-0.2, -0.15) is 0 Å². The van der Waals surface area contributed by atoms with Gasteiger partial charge in [0.15, 0.2) is 5.96 Å². The summed E-state index contributed by atoms with van der Waals surface area (Å²) in [5.41, 5.74) is 1.18. The molecule has 1 saturated heterocycles. The highest BCUT2D eigenvalue weighted by atomic mass is 127. The second kappa shape index (κ2) is 14.6. The molecule has 3 N–H and O–H groups in total. The molecule has 0 atom stereocenters. The molecular formula is C20H34IN5O2. The fraction of sp³-hybridized carbons (Fsp3) is 0.600. The highest BCUT2D eigenvalue weighted by Gasteiger charge is 2.21. The zero-order valence-electron chi connectivity index (χ0n) is 16.9. The van der Waals surface area contributed by atoms with Gasteiger partial charge in [-0.1, -0.05) is 30.3 Å². The van der Waals surface area contributed by atoms with E-state index in [4.69, 9.17) is 4.74 Å². The molecule has 1 aliphatic rings. The minimum Gasteiger partial charge on any atom is -0.375 e. The predicted octanol–water partition coefficient (Wildman–Crippen LogP) is 1.59. The Hall–Kier alpha value is -1.39. The van der Waals surface area contributed by atoms with Gasteiger partial charge in [0.05, 0.1) is 26.3 Å².